The lowest BCUT2D eigenvalue weighted by Gasteiger charge is -1.99. The first-order valence-corrected chi connectivity index (χ1v) is 4.11. The van der Waals surface area contributed by atoms with Crippen LogP contribution in [0.3, 0.4) is 0 Å². The minimum atomic E-state index is 0.640. The molecule has 2 nitrogen and oxygen atoms in total. The van der Waals surface area contributed by atoms with E-state index >= 15 is 0 Å². The van der Waals surface area contributed by atoms with Crippen LogP contribution in [0, 0.1) is 0 Å². The molecule has 0 radical (unpaired) electrons. The largest absolute Gasteiger partial charge is 0.287 e. The van der Waals surface area contributed by atoms with Crippen LogP contribution in [0.2, 0.25) is 0 Å². The first kappa shape index (κ1) is 7.16. The smallest absolute Gasteiger partial charge is 0.159 e. The van der Waals surface area contributed by atoms with Crippen molar-refractivity contribution in [2.24, 2.45) is 0 Å². The number of hydrogen-bond donors (Lipinski definition) is 0. The van der Waals surface area contributed by atoms with Crippen LogP contribution in [0.25, 0.3) is 0 Å². The van der Waals surface area contributed by atoms with Gasteiger partial charge in [0.05, 0.1) is 13.2 Å². The lowest BCUT2D eigenvalue weighted by atomic mass is 10.1. The molecule has 0 unspecified atom stereocenters. The maximum absolute atomic E-state index is 5.12. The Labute approximate surface area is 69.9 Å². The number of rotatable bonds is 0. The van der Waals surface area contributed by atoms with Crippen molar-refractivity contribution in [1.82, 2.24) is 0 Å². The summed E-state index contributed by atoms with van der Waals surface area (Å²) < 4.78 is 10.2. The summed E-state index contributed by atoms with van der Waals surface area (Å²) >= 11 is 1.07. The predicted molar refractivity (Wildman–Crippen MR) is 43.6 cm³/mol. The van der Waals surface area contributed by atoms with Crippen LogP contribution in [-0.2, 0) is 21.6 Å². The molecule has 0 saturated carbocycles. The summed E-state index contributed by atoms with van der Waals surface area (Å²) in [5, 5.41) is 0. The number of fused-ring (bicyclic) bond motifs is 1. The third kappa shape index (κ3) is 1.56. The summed E-state index contributed by atoms with van der Waals surface area (Å²) in [5.41, 5.74) is 2.44. The molecule has 2 rings (SSSR count). The summed E-state index contributed by atoms with van der Waals surface area (Å²) in [6.07, 6.45) is 0. The second kappa shape index (κ2) is 3.26. The van der Waals surface area contributed by atoms with Crippen molar-refractivity contribution in [3.8, 4) is 0 Å². The molecule has 0 N–H and O–H groups in total. The van der Waals surface area contributed by atoms with Crippen LogP contribution in [-0.4, -0.2) is 0 Å². The highest BCUT2D eigenvalue weighted by atomic mass is 32.2. The van der Waals surface area contributed by atoms with Crippen molar-refractivity contribution in [3.05, 3.63) is 35.4 Å². The fourth-order valence-electron chi connectivity index (χ4n) is 1.05. The summed E-state index contributed by atoms with van der Waals surface area (Å²) in [6.45, 7) is 1.28. The molecule has 58 valence electrons. The number of benzene rings is 1. The van der Waals surface area contributed by atoms with Gasteiger partial charge < -0.3 is 0 Å². The molecule has 3 heteroatoms. The molecule has 0 saturated heterocycles. The molecule has 1 aliphatic heterocycles. The van der Waals surface area contributed by atoms with E-state index in [0.29, 0.717) is 13.2 Å². The Morgan fingerprint density at radius 1 is 1.00 bits per heavy atom. The molecule has 0 spiro atoms. The molecule has 11 heavy (non-hydrogen) atoms. The summed E-state index contributed by atoms with van der Waals surface area (Å²) in [6, 6.07) is 8.14. The maximum Gasteiger partial charge on any atom is 0.159 e. The van der Waals surface area contributed by atoms with Crippen molar-refractivity contribution < 1.29 is 8.37 Å². The Morgan fingerprint density at radius 2 is 1.55 bits per heavy atom. The Bertz CT molecular complexity index is 225. The van der Waals surface area contributed by atoms with Crippen LogP contribution in [0.1, 0.15) is 11.1 Å². The van der Waals surface area contributed by atoms with Gasteiger partial charge in [-0.1, -0.05) is 24.3 Å². The Hall–Kier alpha value is -0.510. The second-order valence-corrected chi connectivity index (χ2v) is 2.97. The van der Waals surface area contributed by atoms with E-state index in [4.69, 9.17) is 8.37 Å². The molecule has 1 heterocycles. The van der Waals surface area contributed by atoms with Crippen molar-refractivity contribution >= 4 is 12.3 Å². The van der Waals surface area contributed by atoms with E-state index in [1.165, 1.54) is 11.1 Å². The highest BCUT2D eigenvalue weighted by Crippen LogP contribution is 2.21. The highest BCUT2D eigenvalue weighted by molar-refractivity contribution is 7.89. The van der Waals surface area contributed by atoms with E-state index in [2.05, 4.69) is 12.1 Å². The normalized spacial score (nSPS) is 17.1. The van der Waals surface area contributed by atoms with E-state index in [1.54, 1.807) is 0 Å². The van der Waals surface area contributed by atoms with Gasteiger partial charge in [0, 0.05) is 0 Å². The fraction of sp³-hybridized carbons (Fsp3) is 0.250. The van der Waals surface area contributed by atoms with Crippen molar-refractivity contribution in [3.63, 3.8) is 0 Å². The second-order valence-electron chi connectivity index (χ2n) is 2.36. The first-order valence-electron chi connectivity index (χ1n) is 3.45. The van der Waals surface area contributed by atoms with Gasteiger partial charge in [-0.25, -0.2) is 0 Å². The van der Waals surface area contributed by atoms with Crippen molar-refractivity contribution in [1.29, 1.82) is 0 Å². The molecule has 1 aliphatic rings. The Kier molecular flexibility index (Phi) is 2.12. The lowest BCUT2D eigenvalue weighted by molar-refractivity contribution is 0.294. The van der Waals surface area contributed by atoms with Crippen LogP contribution in [0.4, 0.5) is 0 Å². The van der Waals surface area contributed by atoms with Gasteiger partial charge in [-0.15, -0.1) is 0 Å². The van der Waals surface area contributed by atoms with Crippen LogP contribution >= 0.6 is 12.3 Å². The van der Waals surface area contributed by atoms with Crippen LogP contribution in [0.5, 0.6) is 0 Å². The van der Waals surface area contributed by atoms with Gasteiger partial charge in [0.2, 0.25) is 0 Å². The number of hydrogen-bond acceptors (Lipinski definition) is 3. The molecule has 0 amide bonds. The lowest BCUT2D eigenvalue weighted by Crippen LogP contribution is -1.89. The van der Waals surface area contributed by atoms with E-state index in [1.807, 2.05) is 12.1 Å². The van der Waals surface area contributed by atoms with Gasteiger partial charge in [-0.2, -0.15) is 0 Å². The third-order valence-corrected chi connectivity index (χ3v) is 2.07. The zero-order valence-electron chi connectivity index (χ0n) is 5.95. The van der Waals surface area contributed by atoms with Gasteiger partial charge in [0.25, 0.3) is 0 Å². The SMILES string of the molecule is c1ccc2c(c1)COSOC2. The molecular formula is C8H8O2S. The van der Waals surface area contributed by atoms with E-state index < -0.39 is 0 Å². The van der Waals surface area contributed by atoms with Gasteiger partial charge in [-0.05, 0) is 11.1 Å². The predicted octanol–water partition coefficient (Wildman–Crippen LogP) is 2.30. The highest BCUT2D eigenvalue weighted by Gasteiger charge is 2.06. The first-order chi connectivity index (χ1) is 5.47. The molecule has 1 aromatic rings. The standard InChI is InChI=1S/C8H8O2S/c1-2-4-8-6-10-11-9-5-7(8)3-1/h1-4H,5-6H2. The third-order valence-electron chi connectivity index (χ3n) is 1.64. The van der Waals surface area contributed by atoms with Gasteiger partial charge in [0.15, 0.2) is 12.3 Å². The minimum absolute atomic E-state index is 0.640. The van der Waals surface area contributed by atoms with Crippen LogP contribution < -0.4 is 0 Å². The average Bonchev–Trinajstić information content (AvgIpc) is 2.28. The minimum Gasteiger partial charge on any atom is -0.287 e. The monoisotopic (exact) mass is 168 g/mol. The summed E-state index contributed by atoms with van der Waals surface area (Å²) in [4.78, 5) is 0. The Balaban J connectivity index is 2.33. The molecule has 0 fully saturated rings. The maximum atomic E-state index is 5.12. The Morgan fingerprint density at radius 3 is 2.09 bits per heavy atom. The fourth-order valence-corrected chi connectivity index (χ4v) is 1.47. The van der Waals surface area contributed by atoms with E-state index in [9.17, 15) is 0 Å². The van der Waals surface area contributed by atoms with Gasteiger partial charge >= 0.3 is 0 Å². The molecule has 0 aliphatic carbocycles. The van der Waals surface area contributed by atoms with Crippen molar-refractivity contribution in [2.75, 3.05) is 0 Å². The van der Waals surface area contributed by atoms with E-state index in [-0.39, 0.29) is 0 Å². The summed E-state index contributed by atoms with van der Waals surface area (Å²) in [5.74, 6) is 0. The van der Waals surface area contributed by atoms with Crippen molar-refractivity contribution in [2.45, 2.75) is 13.2 Å². The van der Waals surface area contributed by atoms with Gasteiger partial charge in [0.1, 0.15) is 0 Å². The molecule has 0 bridgehead atoms. The van der Waals surface area contributed by atoms with E-state index in [0.717, 1.165) is 12.3 Å². The zero-order chi connectivity index (χ0) is 7.52. The topological polar surface area (TPSA) is 18.5 Å². The summed E-state index contributed by atoms with van der Waals surface area (Å²) in [7, 11) is 0. The molecule has 0 atom stereocenters. The quantitative estimate of drug-likeness (QED) is 0.554. The molecule has 1 aromatic carbocycles. The average molecular weight is 168 g/mol. The zero-order valence-corrected chi connectivity index (χ0v) is 6.76. The molecular weight excluding hydrogens is 160 g/mol. The molecule has 0 aromatic heterocycles. The van der Waals surface area contributed by atoms with Crippen LogP contribution in [0.15, 0.2) is 24.3 Å². The van der Waals surface area contributed by atoms with Gasteiger partial charge in [-0.3, -0.25) is 8.37 Å².